The average Bonchev–Trinajstić information content (AvgIpc) is 2.37. The van der Waals surface area contributed by atoms with E-state index in [2.05, 4.69) is 0 Å². The Morgan fingerprint density at radius 3 is 2.79 bits per heavy atom. The fraction of sp³-hybridized carbons (Fsp3) is 0.400. The summed E-state index contributed by atoms with van der Waals surface area (Å²) in [7, 11) is 3.17. The number of likely N-dealkylation sites (N-methyl/N-ethyl adjacent to an activating group) is 1. The summed E-state index contributed by atoms with van der Waals surface area (Å²) >= 11 is 0. The van der Waals surface area contributed by atoms with Gasteiger partial charge in [0.25, 0.3) is 0 Å². The van der Waals surface area contributed by atoms with E-state index in [-0.39, 0.29) is 19.1 Å². The molecule has 1 aromatic rings. The lowest BCUT2D eigenvalue weighted by molar-refractivity contribution is -0.126. The Morgan fingerprint density at radius 1 is 1.47 bits per heavy atom. The van der Waals surface area contributed by atoms with Crippen LogP contribution in [-0.2, 0) is 9.53 Å². The zero-order valence-corrected chi connectivity index (χ0v) is 11.7. The van der Waals surface area contributed by atoms with Gasteiger partial charge in [-0.05, 0) is 24.1 Å². The number of rotatable bonds is 6. The van der Waals surface area contributed by atoms with Crippen molar-refractivity contribution in [2.75, 3.05) is 27.3 Å². The summed E-state index contributed by atoms with van der Waals surface area (Å²) in [5.74, 6) is -0.140. The van der Waals surface area contributed by atoms with Gasteiger partial charge in [0.15, 0.2) is 0 Å². The minimum atomic E-state index is -0.661. The third kappa shape index (κ3) is 5.24. The molecule has 4 nitrogen and oxygen atoms in total. The fourth-order valence-electron chi connectivity index (χ4n) is 1.71. The van der Waals surface area contributed by atoms with Gasteiger partial charge in [-0.25, -0.2) is 0 Å². The van der Waals surface area contributed by atoms with Crippen molar-refractivity contribution in [1.29, 1.82) is 0 Å². The Bertz CT molecular complexity index is 443. The highest BCUT2D eigenvalue weighted by atomic mass is 16.5. The number of carbonyl (C=O) groups is 1. The standard InChI is InChI=1S/C15H21NO3/c1-12-6-4-5-7-13(12)8-9-15(18)16(2)10-14(17)11-19-3/h4-9,14,17H,10-11H2,1-3H3/b9-8+. The van der Waals surface area contributed by atoms with Crippen LogP contribution in [0.5, 0.6) is 0 Å². The number of aliphatic hydroxyl groups excluding tert-OH is 1. The highest BCUT2D eigenvalue weighted by Crippen LogP contribution is 2.09. The van der Waals surface area contributed by atoms with Crippen LogP contribution in [0.3, 0.4) is 0 Å². The summed E-state index contributed by atoms with van der Waals surface area (Å²) < 4.78 is 4.82. The summed E-state index contributed by atoms with van der Waals surface area (Å²) in [6, 6.07) is 7.85. The SMILES string of the molecule is COCC(O)CN(C)C(=O)/C=C/c1ccccc1C. The number of aryl methyl sites for hydroxylation is 1. The number of aliphatic hydroxyl groups is 1. The van der Waals surface area contributed by atoms with Crippen LogP contribution in [0.2, 0.25) is 0 Å². The predicted octanol–water partition coefficient (Wildman–Crippen LogP) is 1.47. The molecule has 0 saturated carbocycles. The Balaban J connectivity index is 2.57. The molecule has 0 fully saturated rings. The van der Waals surface area contributed by atoms with Crippen molar-refractivity contribution in [1.82, 2.24) is 4.90 Å². The molecule has 1 amide bonds. The Labute approximate surface area is 114 Å². The maximum absolute atomic E-state index is 11.9. The monoisotopic (exact) mass is 263 g/mol. The number of carbonyl (C=O) groups excluding carboxylic acids is 1. The van der Waals surface area contributed by atoms with Crippen LogP contribution in [0.4, 0.5) is 0 Å². The largest absolute Gasteiger partial charge is 0.389 e. The third-order valence-corrected chi connectivity index (χ3v) is 2.81. The second kappa shape index (κ2) is 7.71. The third-order valence-electron chi connectivity index (χ3n) is 2.81. The molecule has 19 heavy (non-hydrogen) atoms. The van der Waals surface area contributed by atoms with Crippen LogP contribution in [0.15, 0.2) is 30.3 Å². The molecule has 1 atom stereocenters. The van der Waals surface area contributed by atoms with E-state index < -0.39 is 6.10 Å². The van der Waals surface area contributed by atoms with Gasteiger partial charge in [0, 0.05) is 26.8 Å². The number of methoxy groups -OCH3 is 1. The normalized spacial score (nSPS) is 12.6. The predicted molar refractivity (Wildman–Crippen MR) is 75.7 cm³/mol. The first-order valence-corrected chi connectivity index (χ1v) is 6.20. The summed E-state index contributed by atoms with van der Waals surface area (Å²) in [5, 5.41) is 9.55. The first-order chi connectivity index (χ1) is 9.04. The number of ether oxygens (including phenoxy) is 1. The second-order valence-corrected chi connectivity index (χ2v) is 4.52. The number of hydrogen-bond acceptors (Lipinski definition) is 3. The topological polar surface area (TPSA) is 49.8 Å². The molecule has 0 aliphatic rings. The quantitative estimate of drug-likeness (QED) is 0.791. The Kier molecular flexibility index (Phi) is 6.25. The summed E-state index contributed by atoms with van der Waals surface area (Å²) in [6.07, 6.45) is 2.64. The molecule has 104 valence electrons. The van der Waals surface area contributed by atoms with Gasteiger partial charge in [-0.1, -0.05) is 24.3 Å². The average molecular weight is 263 g/mol. The first kappa shape index (κ1) is 15.4. The van der Waals surface area contributed by atoms with Gasteiger partial charge in [-0.3, -0.25) is 4.79 Å². The smallest absolute Gasteiger partial charge is 0.246 e. The van der Waals surface area contributed by atoms with E-state index in [1.165, 1.54) is 18.1 Å². The molecule has 1 N–H and O–H groups in total. The molecule has 0 aliphatic carbocycles. The molecule has 4 heteroatoms. The van der Waals surface area contributed by atoms with Crippen molar-refractivity contribution in [3.05, 3.63) is 41.5 Å². The van der Waals surface area contributed by atoms with Gasteiger partial charge in [-0.15, -0.1) is 0 Å². The molecule has 1 rings (SSSR count). The van der Waals surface area contributed by atoms with Gasteiger partial charge in [0.05, 0.1) is 12.7 Å². The van der Waals surface area contributed by atoms with Crippen LogP contribution in [0.25, 0.3) is 6.08 Å². The highest BCUT2D eigenvalue weighted by Gasteiger charge is 2.11. The zero-order chi connectivity index (χ0) is 14.3. The molecule has 0 saturated heterocycles. The molecule has 0 spiro atoms. The molecule has 0 radical (unpaired) electrons. The molecule has 0 bridgehead atoms. The van der Waals surface area contributed by atoms with Gasteiger partial charge in [0.2, 0.25) is 5.91 Å². The minimum Gasteiger partial charge on any atom is -0.389 e. The van der Waals surface area contributed by atoms with Crippen LogP contribution in [0, 0.1) is 6.92 Å². The van der Waals surface area contributed by atoms with Crippen LogP contribution in [0.1, 0.15) is 11.1 Å². The van der Waals surface area contributed by atoms with Crippen molar-refractivity contribution in [3.8, 4) is 0 Å². The van der Waals surface area contributed by atoms with Crippen molar-refractivity contribution in [3.63, 3.8) is 0 Å². The molecular formula is C15H21NO3. The van der Waals surface area contributed by atoms with Crippen LogP contribution < -0.4 is 0 Å². The number of hydrogen-bond donors (Lipinski definition) is 1. The van der Waals surface area contributed by atoms with E-state index in [1.54, 1.807) is 13.1 Å². The molecule has 0 heterocycles. The molecular weight excluding hydrogens is 242 g/mol. The van der Waals surface area contributed by atoms with E-state index in [0.717, 1.165) is 11.1 Å². The van der Waals surface area contributed by atoms with Crippen LogP contribution >= 0.6 is 0 Å². The summed E-state index contributed by atoms with van der Waals surface area (Å²) in [4.78, 5) is 13.3. The van der Waals surface area contributed by atoms with E-state index in [9.17, 15) is 9.90 Å². The van der Waals surface area contributed by atoms with Crippen molar-refractivity contribution >= 4 is 12.0 Å². The van der Waals surface area contributed by atoms with Crippen LogP contribution in [-0.4, -0.2) is 49.3 Å². The van der Waals surface area contributed by atoms with Gasteiger partial charge >= 0.3 is 0 Å². The molecule has 0 aromatic heterocycles. The van der Waals surface area contributed by atoms with E-state index in [1.807, 2.05) is 31.2 Å². The maximum Gasteiger partial charge on any atom is 0.246 e. The Hall–Kier alpha value is -1.65. The second-order valence-electron chi connectivity index (χ2n) is 4.52. The minimum absolute atomic E-state index is 0.140. The summed E-state index contributed by atoms with van der Waals surface area (Å²) in [5.41, 5.74) is 2.13. The zero-order valence-electron chi connectivity index (χ0n) is 11.7. The lowest BCUT2D eigenvalue weighted by Crippen LogP contribution is -2.35. The number of amides is 1. The lowest BCUT2D eigenvalue weighted by atomic mass is 10.1. The first-order valence-electron chi connectivity index (χ1n) is 6.20. The highest BCUT2D eigenvalue weighted by molar-refractivity contribution is 5.91. The van der Waals surface area contributed by atoms with E-state index >= 15 is 0 Å². The summed E-state index contributed by atoms with van der Waals surface area (Å²) in [6.45, 7) is 2.47. The molecule has 1 unspecified atom stereocenters. The van der Waals surface area contributed by atoms with Crippen molar-refractivity contribution < 1.29 is 14.6 Å². The lowest BCUT2D eigenvalue weighted by Gasteiger charge is -2.18. The van der Waals surface area contributed by atoms with Crippen molar-refractivity contribution in [2.45, 2.75) is 13.0 Å². The molecule has 0 aliphatic heterocycles. The Morgan fingerprint density at radius 2 is 2.16 bits per heavy atom. The maximum atomic E-state index is 11.9. The van der Waals surface area contributed by atoms with Gasteiger partial charge in [-0.2, -0.15) is 0 Å². The fourth-order valence-corrected chi connectivity index (χ4v) is 1.71. The van der Waals surface area contributed by atoms with E-state index in [4.69, 9.17) is 4.74 Å². The number of nitrogens with zero attached hydrogens (tertiary/aromatic N) is 1. The number of benzene rings is 1. The van der Waals surface area contributed by atoms with Gasteiger partial charge < -0.3 is 14.7 Å². The van der Waals surface area contributed by atoms with Gasteiger partial charge in [0.1, 0.15) is 0 Å². The van der Waals surface area contributed by atoms with Crippen molar-refractivity contribution in [2.24, 2.45) is 0 Å². The van der Waals surface area contributed by atoms with E-state index in [0.29, 0.717) is 0 Å². The molecule has 1 aromatic carbocycles.